The Kier molecular flexibility index (Phi) is 5.26. The van der Waals surface area contributed by atoms with Gasteiger partial charge in [-0.05, 0) is 69.0 Å². The Morgan fingerprint density at radius 3 is 2.64 bits per heavy atom. The third-order valence-corrected chi connectivity index (χ3v) is 6.63. The number of hydrogen-bond acceptors (Lipinski definition) is 7. The quantitative estimate of drug-likeness (QED) is 0.378. The molecule has 1 saturated carbocycles. The Morgan fingerprint density at radius 1 is 1.09 bits per heavy atom. The summed E-state index contributed by atoms with van der Waals surface area (Å²) in [5.74, 6) is 1.72. The molecule has 1 aliphatic rings. The zero-order valence-corrected chi connectivity index (χ0v) is 19.2. The molecule has 0 atom stereocenters. The van der Waals surface area contributed by atoms with Crippen LogP contribution >= 0.6 is 0 Å². The number of sulfonamides is 1. The summed E-state index contributed by atoms with van der Waals surface area (Å²) < 4.78 is 25.3. The Bertz CT molecular complexity index is 1460. The second kappa shape index (κ2) is 8.13. The Balaban J connectivity index is 1.41. The van der Waals surface area contributed by atoms with E-state index in [1.54, 1.807) is 18.3 Å². The summed E-state index contributed by atoms with van der Waals surface area (Å²) >= 11 is 0. The number of rotatable bonds is 7. The van der Waals surface area contributed by atoms with E-state index in [-0.39, 0.29) is 4.90 Å². The fourth-order valence-corrected chi connectivity index (χ4v) is 4.31. The molecule has 1 fully saturated rings. The Morgan fingerprint density at radius 2 is 1.88 bits per heavy atom. The van der Waals surface area contributed by atoms with Gasteiger partial charge in [0.05, 0.1) is 16.1 Å². The minimum atomic E-state index is -3.80. The second-order valence-corrected chi connectivity index (χ2v) is 10.1. The fourth-order valence-electron chi connectivity index (χ4n) is 3.75. The number of benzene rings is 2. The van der Waals surface area contributed by atoms with Crippen LogP contribution in [0.1, 0.15) is 24.1 Å². The SMILES string of the molecule is Cc1cnc(Nc2cccc(S(N)(=O)=O)c2)nc1Nc1ccc2c(C)nn(CC3CC3)c2c1. The molecule has 9 nitrogen and oxygen atoms in total. The van der Waals surface area contributed by atoms with Gasteiger partial charge in [-0.3, -0.25) is 4.68 Å². The molecule has 0 radical (unpaired) electrons. The van der Waals surface area contributed by atoms with E-state index < -0.39 is 10.0 Å². The number of primary sulfonamides is 1. The van der Waals surface area contributed by atoms with Gasteiger partial charge in [0.25, 0.3) is 0 Å². The van der Waals surface area contributed by atoms with E-state index in [4.69, 9.17) is 10.2 Å². The maximum absolute atomic E-state index is 11.6. The lowest BCUT2D eigenvalue weighted by Gasteiger charge is -2.12. The molecular weight excluding hydrogens is 438 g/mol. The van der Waals surface area contributed by atoms with Crippen molar-refractivity contribution in [3.05, 3.63) is 59.9 Å². The number of hydrogen-bond donors (Lipinski definition) is 3. The molecule has 5 rings (SSSR count). The van der Waals surface area contributed by atoms with Crippen molar-refractivity contribution >= 4 is 44.1 Å². The molecule has 4 aromatic rings. The molecule has 4 N–H and O–H groups in total. The van der Waals surface area contributed by atoms with Crippen LogP contribution in [0.25, 0.3) is 10.9 Å². The third kappa shape index (κ3) is 4.67. The molecule has 33 heavy (non-hydrogen) atoms. The van der Waals surface area contributed by atoms with E-state index in [0.717, 1.165) is 40.3 Å². The van der Waals surface area contributed by atoms with Crippen LogP contribution in [0.5, 0.6) is 0 Å². The first-order chi connectivity index (χ1) is 15.8. The lowest BCUT2D eigenvalue weighted by atomic mass is 10.2. The summed E-state index contributed by atoms with van der Waals surface area (Å²) in [7, 11) is -3.80. The van der Waals surface area contributed by atoms with Crippen molar-refractivity contribution in [2.75, 3.05) is 10.6 Å². The standard InChI is InChI=1S/C23H25N7O2S/c1-14-12-25-23(27-17-4-3-5-19(10-17)33(24,31)32)28-22(14)26-18-8-9-20-15(2)29-30(21(20)11-18)13-16-6-7-16/h3-5,8-12,16H,6-7,13H2,1-2H3,(H2,24,31,32)(H2,25,26,27,28). The lowest BCUT2D eigenvalue weighted by Crippen LogP contribution is -2.12. The predicted molar refractivity (Wildman–Crippen MR) is 128 cm³/mol. The van der Waals surface area contributed by atoms with Gasteiger partial charge in [0, 0.05) is 35.1 Å². The van der Waals surface area contributed by atoms with Crippen molar-refractivity contribution in [3.8, 4) is 0 Å². The van der Waals surface area contributed by atoms with E-state index in [0.29, 0.717) is 17.5 Å². The van der Waals surface area contributed by atoms with E-state index in [9.17, 15) is 8.42 Å². The van der Waals surface area contributed by atoms with E-state index >= 15 is 0 Å². The molecule has 0 amide bonds. The van der Waals surface area contributed by atoms with Crippen LogP contribution in [0.15, 0.2) is 53.6 Å². The average Bonchev–Trinajstić information content (AvgIpc) is 3.54. The van der Waals surface area contributed by atoms with Crippen LogP contribution in [0.2, 0.25) is 0 Å². The highest BCUT2D eigenvalue weighted by molar-refractivity contribution is 7.89. The van der Waals surface area contributed by atoms with Gasteiger partial charge in [-0.25, -0.2) is 18.5 Å². The normalized spacial score (nSPS) is 13.9. The maximum Gasteiger partial charge on any atom is 0.238 e. The number of aromatic nitrogens is 4. The summed E-state index contributed by atoms with van der Waals surface area (Å²) in [4.78, 5) is 8.92. The van der Waals surface area contributed by atoms with Gasteiger partial charge < -0.3 is 10.6 Å². The molecule has 10 heteroatoms. The predicted octanol–water partition coefficient (Wildman–Crippen LogP) is 3.99. The van der Waals surface area contributed by atoms with Gasteiger partial charge in [0.1, 0.15) is 5.82 Å². The number of nitrogens with zero attached hydrogens (tertiary/aromatic N) is 4. The highest BCUT2D eigenvalue weighted by atomic mass is 32.2. The van der Waals surface area contributed by atoms with Gasteiger partial charge in [-0.1, -0.05) is 6.07 Å². The van der Waals surface area contributed by atoms with Gasteiger partial charge in [0.15, 0.2) is 0 Å². The topological polar surface area (TPSA) is 128 Å². The van der Waals surface area contributed by atoms with Gasteiger partial charge in [-0.15, -0.1) is 0 Å². The molecule has 0 saturated heterocycles. The average molecular weight is 464 g/mol. The van der Waals surface area contributed by atoms with Gasteiger partial charge >= 0.3 is 0 Å². The zero-order valence-electron chi connectivity index (χ0n) is 18.4. The Labute approximate surface area is 192 Å². The van der Waals surface area contributed by atoms with Crippen molar-refractivity contribution in [3.63, 3.8) is 0 Å². The van der Waals surface area contributed by atoms with Crippen LogP contribution in [0.3, 0.4) is 0 Å². The van der Waals surface area contributed by atoms with Crippen LogP contribution < -0.4 is 15.8 Å². The largest absolute Gasteiger partial charge is 0.340 e. The van der Waals surface area contributed by atoms with Crippen LogP contribution in [0, 0.1) is 19.8 Å². The number of nitrogens with two attached hydrogens (primary N) is 1. The van der Waals surface area contributed by atoms with Crippen molar-refractivity contribution in [2.45, 2.75) is 38.1 Å². The summed E-state index contributed by atoms with van der Waals surface area (Å²) in [5, 5.41) is 17.5. The molecule has 170 valence electrons. The number of fused-ring (bicyclic) bond motifs is 1. The summed E-state index contributed by atoms with van der Waals surface area (Å²) in [6, 6.07) is 12.4. The highest BCUT2D eigenvalue weighted by Crippen LogP contribution is 2.33. The molecule has 1 aliphatic carbocycles. The minimum absolute atomic E-state index is 0.0179. The first-order valence-electron chi connectivity index (χ1n) is 10.7. The lowest BCUT2D eigenvalue weighted by molar-refractivity contribution is 0.576. The number of anilines is 4. The molecule has 0 bridgehead atoms. The Hall–Kier alpha value is -3.50. The van der Waals surface area contributed by atoms with Crippen LogP contribution in [-0.4, -0.2) is 28.2 Å². The first kappa shape index (κ1) is 21.4. The van der Waals surface area contributed by atoms with E-state index in [2.05, 4.69) is 37.4 Å². The van der Waals surface area contributed by atoms with Crippen molar-refractivity contribution in [1.29, 1.82) is 0 Å². The fraction of sp³-hybridized carbons (Fsp3) is 0.261. The maximum atomic E-state index is 11.6. The summed E-state index contributed by atoms with van der Waals surface area (Å²) in [5.41, 5.74) is 4.44. The third-order valence-electron chi connectivity index (χ3n) is 5.72. The van der Waals surface area contributed by atoms with Crippen LogP contribution in [0.4, 0.5) is 23.1 Å². The van der Waals surface area contributed by atoms with Crippen molar-refractivity contribution in [2.24, 2.45) is 11.1 Å². The highest BCUT2D eigenvalue weighted by Gasteiger charge is 2.23. The molecule has 2 aromatic heterocycles. The van der Waals surface area contributed by atoms with Crippen LogP contribution in [-0.2, 0) is 16.6 Å². The van der Waals surface area contributed by atoms with Gasteiger partial charge in [-0.2, -0.15) is 10.1 Å². The number of aryl methyl sites for hydroxylation is 2. The van der Waals surface area contributed by atoms with E-state index in [1.807, 2.05) is 19.9 Å². The molecule has 0 spiro atoms. The van der Waals surface area contributed by atoms with Crippen molar-refractivity contribution in [1.82, 2.24) is 19.7 Å². The minimum Gasteiger partial charge on any atom is -0.340 e. The second-order valence-electron chi connectivity index (χ2n) is 8.49. The summed E-state index contributed by atoms with van der Waals surface area (Å²) in [6.07, 6.45) is 4.25. The summed E-state index contributed by atoms with van der Waals surface area (Å²) in [6.45, 7) is 4.91. The van der Waals surface area contributed by atoms with Gasteiger partial charge in [0.2, 0.25) is 16.0 Å². The molecule has 0 aliphatic heterocycles. The molecule has 0 unspecified atom stereocenters. The van der Waals surface area contributed by atoms with Crippen molar-refractivity contribution < 1.29 is 8.42 Å². The molecule has 2 aromatic carbocycles. The monoisotopic (exact) mass is 463 g/mol. The number of nitrogens with one attached hydrogen (secondary N) is 2. The first-order valence-corrected chi connectivity index (χ1v) is 12.3. The zero-order chi connectivity index (χ0) is 23.2. The van der Waals surface area contributed by atoms with E-state index in [1.165, 1.54) is 25.0 Å². The molecule has 2 heterocycles. The smallest absolute Gasteiger partial charge is 0.238 e. The molecular formula is C23H25N7O2S.